The molecule has 5 rings (SSSR count). The van der Waals surface area contributed by atoms with Gasteiger partial charge in [-0.05, 0) is 35.4 Å². The molecule has 2 aromatic heterocycles. The predicted molar refractivity (Wildman–Crippen MR) is 135 cm³/mol. The number of aliphatic hydroxyl groups is 1. The first-order valence-corrected chi connectivity index (χ1v) is 12.5. The Morgan fingerprint density at radius 2 is 1.50 bits per heavy atom. The van der Waals surface area contributed by atoms with Crippen molar-refractivity contribution in [1.82, 2.24) is 29.7 Å². The van der Waals surface area contributed by atoms with E-state index in [-0.39, 0.29) is 23.2 Å². The van der Waals surface area contributed by atoms with Gasteiger partial charge in [0.2, 0.25) is 0 Å². The highest BCUT2D eigenvalue weighted by Gasteiger charge is 2.27. The number of rotatable bonds is 8. The third kappa shape index (κ3) is 6.05. The summed E-state index contributed by atoms with van der Waals surface area (Å²) < 4.78 is 27.1. The number of imidazole rings is 1. The van der Waals surface area contributed by atoms with Crippen molar-refractivity contribution in [2.45, 2.75) is 17.2 Å². The van der Waals surface area contributed by atoms with Crippen molar-refractivity contribution in [3.05, 3.63) is 83.9 Å². The van der Waals surface area contributed by atoms with E-state index in [1.807, 2.05) is 0 Å². The fourth-order valence-corrected chi connectivity index (χ4v) is 5.36. The Bertz CT molecular complexity index is 1200. The number of hydrogen-bond donors (Lipinski definition) is 2. The molecule has 1 aliphatic heterocycles. The minimum atomic E-state index is -0.510. The van der Waals surface area contributed by atoms with Crippen LogP contribution in [0.5, 0.6) is 0 Å². The number of H-pyrrole nitrogens is 1. The molecule has 11 heteroatoms. The number of nitrogens with zero attached hydrogens (tertiary/aromatic N) is 5. The van der Waals surface area contributed by atoms with Gasteiger partial charge in [0.15, 0.2) is 5.65 Å². The van der Waals surface area contributed by atoms with E-state index in [1.54, 1.807) is 30.6 Å². The molecule has 1 unspecified atom stereocenters. The van der Waals surface area contributed by atoms with Crippen LogP contribution in [-0.2, 0) is 0 Å². The van der Waals surface area contributed by atoms with Crippen LogP contribution >= 0.6 is 11.8 Å². The maximum Gasteiger partial charge on any atom is 0.181 e. The van der Waals surface area contributed by atoms with Crippen molar-refractivity contribution in [1.29, 1.82) is 0 Å². The largest absolute Gasteiger partial charge is 0.412 e. The molecule has 36 heavy (non-hydrogen) atoms. The van der Waals surface area contributed by atoms with Crippen LogP contribution in [0.1, 0.15) is 17.2 Å². The van der Waals surface area contributed by atoms with Gasteiger partial charge in [-0.15, -0.1) is 11.8 Å². The van der Waals surface area contributed by atoms with Crippen molar-refractivity contribution in [2.24, 2.45) is 0 Å². The van der Waals surface area contributed by atoms with Crippen LogP contribution in [-0.4, -0.2) is 84.9 Å². The van der Waals surface area contributed by atoms with Crippen molar-refractivity contribution in [3.63, 3.8) is 0 Å². The molecule has 0 bridgehead atoms. The summed E-state index contributed by atoms with van der Waals surface area (Å²) >= 11 is 1.48. The molecule has 2 aromatic carbocycles. The number of aromatic nitrogens is 4. The molecule has 1 saturated heterocycles. The number of aliphatic hydroxyl groups excluding tert-OH is 1. The number of benzene rings is 2. The smallest absolute Gasteiger partial charge is 0.181 e. The number of nitrogens with one attached hydrogen (secondary N) is 1. The summed E-state index contributed by atoms with van der Waals surface area (Å²) in [5.74, 6) is -0.0453. The summed E-state index contributed by atoms with van der Waals surface area (Å²) in [6.07, 6.45) is 2.56. The fourth-order valence-electron chi connectivity index (χ4n) is 4.49. The molecular weight excluding hydrogens is 486 g/mol. The molecule has 8 nitrogen and oxygen atoms in total. The number of hydrogen-bond acceptors (Lipinski definition) is 7. The molecule has 3 heterocycles. The lowest BCUT2D eigenvalue weighted by Gasteiger charge is -2.40. The van der Waals surface area contributed by atoms with Crippen molar-refractivity contribution in [3.8, 4) is 0 Å². The third-order valence-corrected chi connectivity index (χ3v) is 7.35. The molecule has 1 fully saturated rings. The van der Waals surface area contributed by atoms with Gasteiger partial charge in [-0.25, -0.2) is 23.7 Å². The Morgan fingerprint density at radius 3 is 2.11 bits per heavy atom. The van der Waals surface area contributed by atoms with E-state index in [0.717, 1.165) is 47.8 Å². The molecule has 4 N–H and O–H groups in total. The average Bonchev–Trinajstić information content (AvgIpc) is 3.36. The second kappa shape index (κ2) is 11.8. The second-order valence-corrected chi connectivity index (χ2v) is 9.60. The van der Waals surface area contributed by atoms with Crippen molar-refractivity contribution >= 4 is 22.9 Å². The van der Waals surface area contributed by atoms with Gasteiger partial charge < -0.3 is 15.6 Å². The van der Waals surface area contributed by atoms with Gasteiger partial charge in [-0.1, -0.05) is 24.3 Å². The lowest BCUT2D eigenvalue weighted by molar-refractivity contribution is 0.0708. The third-order valence-electron chi connectivity index (χ3n) is 6.21. The fraction of sp³-hybridized carbons (Fsp3) is 0.320. The summed E-state index contributed by atoms with van der Waals surface area (Å²) in [6, 6.07) is 12.9. The number of halogens is 2. The van der Waals surface area contributed by atoms with Gasteiger partial charge in [-0.3, -0.25) is 9.80 Å². The molecule has 1 aliphatic rings. The minimum absolute atomic E-state index is 0. The maximum atomic E-state index is 13.5. The first-order chi connectivity index (χ1) is 17.1. The van der Waals surface area contributed by atoms with E-state index in [4.69, 9.17) is 0 Å². The zero-order valence-electron chi connectivity index (χ0n) is 19.5. The molecule has 1 atom stereocenters. The Hall–Kier alpha value is -2.96. The summed E-state index contributed by atoms with van der Waals surface area (Å²) in [5, 5.41) is 11.4. The van der Waals surface area contributed by atoms with Gasteiger partial charge in [-0.2, -0.15) is 0 Å². The van der Waals surface area contributed by atoms with Crippen LogP contribution in [0.3, 0.4) is 0 Å². The highest BCUT2D eigenvalue weighted by atomic mass is 32.2. The first-order valence-electron chi connectivity index (χ1n) is 11.5. The molecule has 0 aliphatic carbocycles. The van der Waals surface area contributed by atoms with Gasteiger partial charge in [0.1, 0.15) is 28.5 Å². The van der Waals surface area contributed by atoms with Gasteiger partial charge in [0.25, 0.3) is 0 Å². The predicted octanol–water partition coefficient (Wildman–Crippen LogP) is 2.67. The Kier molecular flexibility index (Phi) is 8.60. The molecule has 0 radical (unpaired) electrons. The summed E-state index contributed by atoms with van der Waals surface area (Å²) in [7, 11) is 0. The molecular formula is C25H28F2N6O2S. The number of thioether (sulfide) groups is 1. The molecule has 190 valence electrons. The molecule has 4 aromatic rings. The number of aromatic amines is 1. The first kappa shape index (κ1) is 26.1. The SMILES string of the molecule is O.OC(CSc1ncnc2nc[nH]c12)CN1CCN(C(c2ccc(F)cc2)c2ccc(F)cc2)CC1. The number of β-amino-alcohol motifs (C(OH)–C–C–N with tert-alkyl or cyclic N) is 1. The summed E-state index contributed by atoms with van der Waals surface area (Å²) in [4.78, 5) is 20.2. The van der Waals surface area contributed by atoms with Gasteiger partial charge in [0, 0.05) is 38.5 Å². The van der Waals surface area contributed by atoms with E-state index in [0.29, 0.717) is 17.9 Å². The van der Waals surface area contributed by atoms with Gasteiger partial charge in [0.05, 0.1) is 18.5 Å². The van der Waals surface area contributed by atoms with Crippen LogP contribution in [0.15, 0.2) is 66.2 Å². The zero-order valence-corrected chi connectivity index (χ0v) is 20.3. The molecule has 0 spiro atoms. The lowest BCUT2D eigenvalue weighted by atomic mass is 9.96. The van der Waals surface area contributed by atoms with Crippen LogP contribution in [0.4, 0.5) is 8.78 Å². The van der Waals surface area contributed by atoms with Gasteiger partial charge >= 0.3 is 0 Å². The molecule has 0 amide bonds. The lowest BCUT2D eigenvalue weighted by Crippen LogP contribution is -2.50. The zero-order chi connectivity index (χ0) is 24.2. The van der Waals surface area contributed by atoms with E-state index in [2.05, 4.69) is 29.7 Å². The topological polar surface area (TPSA) is 113 Å². The van der Waals surface area contributed by atoms with E-state index in [9.17, 15) is 13.9 Å². The Balaban J connectivity index is 0.00000304. The number of piperazine rings is 1. The van der Waals surface area contributed by atoms with Crippen LogP contribution in [0, 0.1) is 11.6 Å². The van der Waals surface area contributed by atoms with Crippen LogP contribution in [0.25, 0.3) is 11.2 Å². The standard InChI is InChI=1S/C25H26F2N6OS.H2O/c26-19-5-1-17(2-6-19)23(18-3-7-20(27)8-4-18)33-11-9-32(10-12-33)13-21(34)14-35-25-22-24(29-15-28-22)30-16-31-25;/h1-8,15-16,21,23,34H,9-14H2,(H,28,29,30,31);1H2. The minimum Gasteiger partial charge on any atom is -0.412 e. The van der Waals surface area contributed by atoms with Crippen molar-refractivity contribution in [2.75, 3.05) is 38.5 Å². The van der Waals surface area contributed by atoms with E-state index in [1.165, 1.54) is 42.4 Å². The van der Waals surface area contributed by atoms with Crippen LogP contribution in [0.2, 0.25) is 0 Å². The Labute approximate surface area is 211 Å². The highest BCUT2D eigenvalue weighted by Crippen LogP contribution is 2.30. The maximum absolute atomic E-state index is 13.5. The monoisotopic (exact) mass is 514 g/mol. The van der Waals surface area contributed by atoms with E-state index < -0.39 is 6.10 Å². The number of fused-ring (bicyclic) bond motifs is 1. The Morgan fingerprint density at radius 1 is 0.889 bits per heavy atom. The van der Waals surface area contributed by atoms with E-state index >= 15 is 0 Å². The molecule has 0 saturated carbocycles. The summed E-state index contributed by atoms with van der Waals surface area (Å²) in [5.41, 5.74) is 3.34. The average molecular weight is 515 g/mol. The van der Waals surface area contributed by atoms with Crippen molar-refractivity contribution < 1.29 is 19.4 Å². The normalized spacial score (nSPS) is 15.8. The highest BCUT2D eigenvalue weighted by molar-refractivity contribution is 7.99. The summed E-state index contributed by atoms with van der Waals surface area (Å²) in [6.45, 7) is 3.70. The second-order valence-electron chi connectivity index (χ2n) is 8.59. The quantitative estimate of drug-likeness (QED) is 0.275. The van der Waals surface area contributed by atoms with Crippen LogP contribution < -0.4 is 0 Å².